The van der Waals surface area contributed by atoms with Crippen molar-refractivity contribution in [1.29, 1.82) is 0 Å². The molecule has 0 amide bonds. The molecule has 0 fully saturated rings. The molecule has 4 rings (SSSR count). The van der Waals surface area contributed by atoms with Crippen molar-refractivity contribution >= 4 is 22.5 Å². The van der Waals surface area contributed by atoms with Gasteiger partial charge in [0.05, 0.1) is 5.54 Å². The number of halogens is 1. The van der Waals surface area contributed by atoms with Gasteiger partial charge in [-0.15, -0.1) is 0 Å². The molecule has 3 N–H and O–H groups in total. The number of nitrogens with two attached hydrogens (primary N) is 1. The number of aromatic nitrogens is 1. The molecule has 2 nitrogen and oxygen atoms in total. The van der Waals surface area contributed by atoms with Gasteiger partial charge in [0.15, 0.2) is 0 Å². The highest BCUT2D eigenvalue weighted by Gasteiger charge is 2.34. The monoisotopic (exact) mass is 338 g/mol. The largest absolute Gasteiger partial charge is 0.357 e. The van der Waals surface area contributed by atoms with Crippen LogP contribution in [0.3, 0.4) is 0 Å². The lowest BCUT2D eigenvalue weighted by molar-refractivity contribution is 0.331. The van der Waals surface area contributed by atoms with Gasteiger partial charge in [0.2, 0.25) is 0 Å². The van der Waals surface area contributed by atoms with Crippen molar-refractivity contribution < 1.29 is 0 Å². The highest BCUT2D eigenvalue weighted by Crippen LogP contribution is 2.40. The fourth-order valence-corrected chi connectivity index (χ4v) is 4.23. The zero-order valence-electron chi connectivity index (χ0n) is 13.8. The summed E-state index contributed by atoms with van der Waals surface area (Å²) in [4.78, 5) is 3.62. The SMILES string of the molecule is NC1(CCCc2ccc(Cl)cc2)CCCc2c1[nH]c1ccccc21. The number of H-pyrrole nitrogens is 1. The molecule has 3 aromatic rings. The lowest BCUT2D eigenvalue weighted by Crippen LogP contribution is -2.40. The lowest BCUT2D eigenvalue weighted by Gasteiger charge is -2.34. The van der Waals surface area contributed by atoms with E-state index >= 15 is 0 Å². The zero-order valence-corrected chi connectivity index (χ0v) is 14.6. The summed E-state index contributed by atoms with van der Waals surface area (Å²) < 4.78 is 0. The van der Waals surface area contributed by atoms with Gasteiger partial charge in [-0.1, -0.05) is 41.9 Å². The summed E-state index contributed by atoms with van der Waals surface area (Å²) in [6, 6.07) is 16.7. The Morgan fingerprint density at radius 3 is 2.71 bits per heavy atom. The molecule has 1 aromatic heterocycles. The molecule has 2 aromatic carbocycles. The Hall–Kier alpha value is -1.77. The predicted molar refractivity (Wildman–Crippen MR) is 101 cm³/mol. The first-order chi connectivity index (χ1) is 11.7. The number of para-hydroxylation sites is 1. The van der Waals surface area contributed by atoms with Crippen LogP contribution in [0.2, 0.25) is 5.02 Å². The van der Waals surface area contributed by atoms with E-state index < -0.39 is 0 Å². The summed E-state index contributed by atoms with van der Waals surface area (Å²) in [5.41, 5.74) is 11.9. The van der Waals surface area contributed by atoms with E-state index in [0.29, 0.717) is 0 Å². The Bertz CT molecular complexity index is 850. The molecule has 0 saturated carbocycles. The summed E-state index contributed by atoms with van der Waals surface area (Å²) in [7, 11) is 0. The first kappa shape index (κ1) is 15.7. The average molecular weight is 339 g/mol. The van der Waals surface area contributed by atoms with Crippen molar-refractivity contribution in [2.75, 3.05) is 0 Å². The minimum Gasteiger partial charge on any atom is -0.357 e. The van der Waals surface area contributed by atoms with E-state index in [4.69, 9.17) is 17.3 Å². The molecule has 0 radical (unpaired) electrons. The van der Waals surface area contributed by atoms with Gasteiger partial charge in [-0.25, -0.2) is 0 Å². The standard InChI is InChI=1S/C21H23ClN2/c22-16-11-9-15(10-12-16)5-3-13-21(23)14-4-7-18-17-6-1-2-8-19(17)24-20(18)21/h1-2,6,8-12,24H,3-5,7,13-14,23H2. The Kier molecular flexibility index (Phi) is 4.11. The van der Waals surface area contributed by atoms with Gasteiger partial charge in [-0.05, 0) is 67.9 Å². The molecule has 3 heteroatoms. The van der Waals surface area contributed by atoms with E-state index in [-0.39, 0.29) is 5.54 Å². The Balaban J connectivity index is 1.54. The molecule has 1 aliphatic carbocycles. The van der Waals surface area contributed by atoms with Crippen molar-refractivity contribution in [3.05, 3.63) is 70.4 Å². The fraction of sp³-hybridized carbons (Fsp3) is 0.333. The molecule has 1 unspecified atom stereocenters. The van der Waals surface area contributed by atoms with Crippen LogP contribution < -0.4 is 5.73 Å². The van der Waals surface area contributed by atoms with Gasteiger partial charge < -0.3 is 10.7 Å². The van der Waals surface area contributed by atoms with Gasteiger partial charge in [0.25, 0.3) is 0 Å². The molecule has 24 heavy (non-hydrogen) atoms. The van der Waals surface area contributed by atoms with Gasteiger partial charge in [-0.3, -0.25) is 0 Å². The third-order valence-corrected chi connectivity index (χ3v) is 5.61. The fourth-order valence-electron chi connectivity index (χ4n) is 4.10. The maximum absolute atomic E-state index is 6.87. The van der Waals surface area contributed by atoms with E-state index in [1.54, 1.807) is 0 Å². The topological polar surface area (TPSA) is 41.8 Å². The third-order valence-electron chi connectivity index (χ3n) is 5.36. The highest BCUT2D eigenvalue weighted by molar-refractivity contribution is 6.30. The molecule has 1 heterocycles. The number of hydrogen-bond donors (Lipinski definition) is 2. The molecule has 1 atom stereocenters. The summed E-state index contributed by atoms with van der Waals surface area (Å²) >= 11 is 5.96. The lowest BCUT2D eigenvalue weighted by atomic mass is 9.77. The number of hydrogen-bond acceptors (Lipinski definition) is 1. The maximum Gasteiger partial charge on any atom is 0.0564 e. The number of aromatic amines is 1. The number of rotatable bonds is 4. The van der Waals surface area contributed by atoms with Crippen LogP contribution in [0.1, 0.15) is 42.5 Å². The Morgan fingerprint density at radius 2 is 1.88 bits per heavy atom. The quantitative estimate of drug-likeness (QED) is 0.662. The van der Waals surface area contributed by atoms with Gasteiger partial charge in [0, 0.05) is 21.6 Å². The number of benzene rings is 2. The number of fused-ring (bicyclic) bond motifs is 3. The summed E-state index contributed by atoms with van der Waals surface area (Å²) in [6.45, 7) is 0. The second-order valence-corrected chi connectivity index (χ2v) is 7.45. The van der Waals surface area contributed by atoms with Crippen molar-refractivity contribution in [2.24, 2.45) is 5.73 Å². The molecule has 0 bridgehead atoms. The highest BCUT2D eigenvalue weighted by atomic mass is 35.5. The van der Waals surface area contributed by atoms with E-state index in [1.807, 2.05) is 12.1 Å². The van der Waals surface area contributed by atoms with Crippen LogP contribution in [-0.4, -0.2) is 4.98 Å². The molecule has 124 valence electrons. The second kappa shape index (κ2) is 6.27. The van der Waals surface area contributed by atoms with Gasteiger partial charge in [0.1, 0.15) is 0 Å². The average Bonchev–Trinajstić information content (AvgIpc) is 2.98. The normalized spacial score (nSPS) is 20.2. The third kappa shape index (κ3) is 2.85. The van der Waals surface area contributed by atoms with Crippen LogP contribution in [0.25, 0.3) is 10.9 Å². The minimum absolute atomic E-state index is 0.223. The van der Waals surface area contributed by atoms with Crippen LogP contribution in [0.5, 0.6) is 0 Å². The maximum atomic E-state index is 6.87. The van der Waals surface area contributed by atoms with Crippen LogP contribution >= 0.6 is 11.6 Å². The van der Waals surface area contributed by atoms with Crippen LogP contribution in [0.4, 0.5) is 0 Å². The predicted octanol–water partition coefficient (Wildman–Crippen LogP) is 5.33. The van der Waals surface area contributed by atoms with E-state index in [1.165, 1.54) is 34.1 Å². The van der Waals surface area contributed by atoms with Crippen molar-refractivity contribution in [2.45, 2.75) is 44.1 Å². The van der Waals surface area contributed by atoms with E-state index in [9.17, 15) is 0 Å². The summed E-state index contributed by atoms with van der Waals surface area (Å²) in [6.07, 6.45) is 6.52. The van der Waals surface area contributed by atoms with Crippen molar-refractivity contribution in [3.63, 3.8) is 0 Å². The molecule has 0 saturated heterocycles. The Morgan fingerprint density at radius 1 is 1.08 bits per heavy atom. The molecular weight excluding hydrogens is 316 g/mol. The van der Waals surface area contributed by atoms with Gasteiger partial charge in [-0.2, -0.15) is 0 Å². The molecular formula is C21H23ClN2. The van der Waals surface area contributed by atoms with E-state index in [2.05, 4.69) is 41.4 Å². The molecule has 0 spiro atoms. The van der Waals surface area contributed by atoms with Crippen LogP contribution in [-0.2, 0) is 18.4 Å². The molecule has 0 aliphatic heterocycles. The summed E-state index contributed by atoms with van der Waals surface area (Å²) in [5, 5.41) is 2.14. The smallest absolute Gasteiger partial charge is 0.0564 e. The van der Waals surface area contributed by atoms with Gasteiger partial charge >= 0.3 is 0 Å². The minimum atomic E-state index is -0.223. The zero-order chi connectivity index (χ0) is 16.6. The molecule has 1 aliphatic rings. The number of nitrogens with one attached hydrogen (secondary N) is 1. The first-order valence-electron chi connectivity index (χ1n) is 8.79. The first-order valence-corrected chi connectivity index (χ1v) is 9.17. The van der Waals surface area contributed by atoms with Crippen LogP contribution in [0.15, 0.2) is 48.5 Å². The van der Waals surface area contributed by atoms with Crippen LogP contribution in [0, 0.1) is 0 Å². The second-order valence-electron chi connectivity index (χ2n) is 7.01. The Labute approximate surface area is 148 Å². The number of aryl methyl sites for hydroxylation is 2. The summed E-state index contributed by atoms with van der Waals surface area (Å²) in [5.74, 6) is 0. The van der Waals surface area contributed by atoms with Crippen molar-refractivity contribution in [1.82, 2.24) is 4.98 Å². The van der Waals surface area contributed by atoms with E-state index in [0.717, 1.165) is 37.1 Å². The van der Waals surface area contributed by atoms with Crippen molar-refractivity contribution in [3.8, 4) is 0 Å².